The third-order valence-corrected chi connectivity index (χ3v) is 3.32. The number of carboxylic acids is 1. The van der Waals surface area contributed by atoms with E-state index in [1.54, 1.807) is 27.9 Å². The normalized spacial score (nSPS) is 26.0. The maximum atomic E-state index is 12.2. The fourth-order valence-electron chi connectivity index (χ4n) is 2.23. The fourth-order valence-corrected chi connectivity index (χ4v) is 2.23. The van der Waals surface area contributed by atoms with Gasteiger partial charge in [0, 0.05) is 13.5 Å². The Hall–Kier alpha value is -1.34. The minimum absolute atomic E-state index is 0.196. The van der Waals surface area contributed by atoms with Gasteiger partial charge in [-0.15, -0.1) is 0 Å². The maximum absolute atomic E-state index is 12.2. The van der Waals surface area contributed by atoms with E-state index < -0.39 is 23.2 Å². The van der Waals surface area contributed by atoms with Gasteiger partial charge in [-0.25, -0.2) is 9.59 Å². The number of hydrogen-bond donors (Lipinski definition) is 1. The first kappa shape index (κ1) is 17.7. The minimum atomic E-state index is -1.32. The molecule has 1 aliphatic heterocycles. The van der Waals surface area contributed by atoms with Gasteiger partial charge in [-0.1, -0.05) is 0 Å². The van der Waals surface area contributed by atoms with Crippen molar-refractivity contribution >= 4 is 12.1 Å². The van der Waals surface area contributed by atoms with Crippen molar-refractivity contribution < 1.29 is 28.9 Å². The van der Waals surface area contributed by atoms with Crippen molar-refractivity contribution in [1.82, 2.24) is 4.90 Å². The Kier molecular flexibility index (Phi) is 5.58. The van der Waals surface area contributed by atoms with Gasteiger partial charge in [0.15, 0.2) is 0 Å². The Labute approximate surface area is 125 Å². The Morgan fingerprint density at radius 1 is 1.33 bits per heavy atom. The molecular weight excluding hydrogens is 278 g/mol. The molecule has 1 saturated heterocycles. The molecule has 0 aromatic heterocycles. The summed E-state index contributed by atoms with van der Waals surface area (Å²) < 4.78 is 15.7. The lowest BCUT2D eigenvalue weighted by Gasteiger charge is -2.32. The number of carbonyl (C=O) groups is 2. The van der Waals surface area contributed by atoms with Crippen molar-refractivity contribution in [2.45, 2.75) is 51.4 Å². The van der Waals surface area contributed by atoms with Gasteiger partial charge in [-0.2, -0.15) is 0 Å². The van der Waals surface area contributed by atoms with Crippen molar-refractivity contribution in [1.29, 1.82) is 0 Å². The van der Waals surface area contributed by atoms with Crippen LogP contribution < -0.4 is 0 Å². The molecule has 2 atom stereocenters. The van der Waals surface area contributed by atoms with Crippen LogP contribution in [0.15, 0.2) is 0 Å². The summed E-state index contributed by atoms with van der Waals surface area (Å²) in [5.74, 6) is -1.06. The number of rotatable bonds is 5. The third-order valence-electron chi connectivity index (χ3n) is 3.32. The highest BCUT2D eigenvalue weighted by Gasteiger charge is 2.51. The number of carbonyl (C=O) groups excluding carboxylic acids is 1. The summed E-state index contributed by atoms with van der Waals surface area (Å²) in [6.45, 7) is 7.72. The number of ether oxygens (including phenoxy) is 3. The molecule has 0 aromatic carbocycles. The van der Waals surface area contributed by atoms with Gasteiger partial charge < -0.3 is 19.3 Å². The highest BCUT2D eigenvalue weighted by molar-refractivity contribution is 5.85. The second kappa shape index (κ2) is 6.62. The molecule has 0 radical (unpaired) electrons. The van der Waals surface area contributed by atoms with Gasteiger partial charge >= 0.3 is 12.1 Å². The predicted molar refractivity (Wildman–Crippen MR) is 75.2 cm³/mol. The van der Waals surface area contributed by atoms with Gasteiger partial charge in [0.1, 0.15) is 11.1 Å². The van der Waals surface area contributed by atoms with Gasteiger partial charge in [-0.05, 0) is 27.7 Å². The van der Waals surface area contributed by atoms with Crippen molar-refractivity contribution in [3.8, 4) is 0 Å². The van der Waals surface area contributed by atoms with E-state index in [4.69, 9.17) is 14.2 Å². The molecule has 0 aromatic rings. The molecule has 7 heteroatoms. The van der Waals surface area contributed by atoms with Crippen LogP contribution in [0.2, 0.25) is 0 Å². The van der Waals surface area contributed by atoms with Crippen LogP contribution in [0, 0.1) is 0 Å². The molecule has 7 nitrogen and oxygen atoms in total. The number of methoxy groups -OCH3 is 1. The first-order valence-corrected chi connectivity index (χ1v) is 6.94. The van der Waals surface area contributed by atoms with Crippen LogP contribution in [0.1, 0.15) is 34.1 Å². The molecule has 1 heterocycles. The Morgan fingerprint density at radius 3 is 2.43 bits per heavy atom. The topological polar surface area (TPSA) is 85.3 Å². The Bertz CT molecular complexity index is 391. The molecule has 0 bridgehead atoms. The summed E-state index contributed by atoms with van der Waals surface area (Å²) in [5, 5.41) is 9.45. The highest BCUT2D eigenvalue weighted by Crippen LogP contribution is 2.32. The Balaban J connectivity index is 2.79. The third kappa shape index (κ3) is 4.57. The average molecular weight is 303 g/mol. The van der Waals surface area contributed by atoms with Crippen LogP contribution >= 0.6 is 0 Å². The summed E-state index contributed by atoms with van der Waals surface area (Å²) in [6, 6.07) is 0. The van der Waals surface area contributed by atoms with Gasteiger partial charge in [0.25, 0.3) is 0 Å². The van der Waals surface area contributed by atoms with Crippen molar-refractivity contribution in [3.05, 3.63) is 0 Å². The number of amides is 1. The number of likely N-dealkylation sites (tertiary alicyclic amines) is 1. The highest BCUT2D eigenvalue weighted by atomic mass is 16.6. The van der Waals surface area contributed by atoms with Crippen molar-refractivity contribution in [3.63, 3.8) is 0 Å². The molecule has 1 N–H and O–H groups in total. The van der Waals surface area contributed by atoms with Gasteiger partial charge in [0.05, 0.1) is 25.9 Å². The van der Waals surface area contributed by atoms with Crippen LogP contribution in [0.25, 0.3) is 0 Å². The quantitative estimate of drug-likeness (QED) is 0.775. The zero-order chi connectivity index (χ0) is 16.3. The van der Waals surface area contributed by atoms with E-state index in [0.717, 1.165) is 0 Å². The number of carboxylic acid groups (broad SMARTS) is 1. The van der Waals surface area contributed by atoms with E-state index in [-0.39, 0.29) is 19.1 Å². The SMILES string of the molecule is COCCO[C@@H]1CN(C(=O)OC(C)(C)C)[C@@](C)(C(=O)O)C1. The molecule has 0 unspecified atom stereocenters. The van der Waals surface area contributed by atoms with Gasteiger partial charge in [0.2, 0.25) is 0 Å². The maximum Gasteiger partial charge on any atom is 0.411 e. The molecule has 1 rings (SSSR count). The van der Waals surface area contributed by atoms with Crippen molar-refractivity contribution in [2.75, 3.05) is 26.9 Å². The van der Waals surface area contributed by atoms with Gasteiger partial charge in [-0.3, -0.25) is 4.90 Å². The van der Waals surface area contributed by atoms with E-state index in [1.807, 2.05) is 0 Å². The molecule has 0 saturated carbocycles. The molecule has 21 heavy (non-hydrogen) atoms. The molecule has 1 amide bonds. The van der Waals surface area contributed by atoms with Crippen molar-refractivity contribution in [2.24, 2.45) is 0 Å². The second-order valence-corrected chi connectivity index (χ2v) is 6.36. The molecule has 0 aliphatic carbocycles. The number of nitrogens with zero attached hydrogens (tertiary/aromatic N) is 1. The number of aliphatic carboxylic acids is 1. The lowest BCUT2D eigenvalue weighted by Crippen LogP contribution is -2.52. The van der Waals surface area contributed by atoms with Crippen LogP contribution in [0.4, 0.5) is 4.79 Å². The fraction of sp³-hybridized carbons (Fsp3) is 0.857. The minimum Gasteiger partial charge on any atom is -0.480 e. The Morgan fingerprint density at radius 2 is 1.95 bits per heavy atom. The van der Waals surface area contributed by atoms with E-state index in [2.05, 4.69) is 0 Å². The smallest absolute Gasteiger partial charge is 0.411 e. The van der Waals surface area contributed by atoms with Crippen LogP contribution in [0.5, 0.6) is 0 Å². The number of hydrogen-bond acceptors (Lipinski definition) is 5. The zero-order valence-electron chi connectivity index (χ0n) is 13.3. The van der Waals surface area contributed by atoms with E-state index in [9.17, 15) is 14.7 Å². The monoisotopic (exact) mass is 303 g/mol. The second-order valence-electron chi connectivity index (χ2n) is 6.36. The lowest BCUT2D eigenvalue weighted by molar-refractivity contribution is -0.148. The summed E-state index contributed by atoms with van der Waals surface area (Å²) in [5.41, 5.74) is -1.99. The molecule has 1 aliphatic rings. The first-order valence-electron chi connectivity index (χ1n) is 6.94. The van der Waals surface area contributed by atoms with E-state index in [0.29, 0.717) is 13.2 Å². The standard InChI is InChI=1S/C14H25NO6/c1-13(2,3)21-12(18)15-9-10(20-7-6-19-5)8-14(15,4)11(16)17/h10H,6-9H2,1-5H3,(H,16,17)/t10-,14+/m0/s1. The zero-order valence-corrected chi connectivity index (χ0v) is 13.3. The predicted octanol–water partition coefficient (Wildman–Crippen LogP) is 1.50. The largest absolute Gasteiger partial charge is 0.480 e. The van der Waals surface area contributed by atoms with Crippen LogP contribution in [-0.4, -0.2) is 66.2 Å². The van der Waals surface area contributed by atoms with E-state index >= 15 is 0 Å². The summed E-state index contributed by atoms with van der Waals surface area (Å²) >= 11 is 0. The molecule has 122 valence electrons. The van der Waals surface area contributed by atoms with E-state index in [1.165, 1.54) is 11.8 Å². The van der Waals surface area contributed by atoms with Crippen LogP contribution in [0.3, 0.4) is 0 Å². The van der Waals surface area contributed by atoms with Crippen LogP contribution in [-0.2, 0) is 19.0 Å². The first-order chi connectivity index (χ1) is 9.60. The molecule has 0 spiro atoms. The molecular formula is C14H25NO6. The summed E-state index contributed by atoms with van der Waals surface area (Å²) in [6.07, 6.45) is -0.746. The average Bonchev–Trinajstić information content (AvgIpc) is 2.66. The summed E-state index contributed by atoms with van der Waals surface area (Å²) in [4.78, 5) is 25.0. The lowest BCUT2D eigenvalue weighted by atomic mass is 9.99. The summed E-state index contributed by atoms with van der Waals surface area (Å²) in [7, 11) is 1.56. The molecule has 1 fully saturated rings.